The fourth-order valence-electron chi connectivity index (χ4n) is 2.77. The highest BCUT2D eigenvalue weighted by Crippen LogP contribution is 2.28. The summed E-state index contributed by atoms with van der Waals surface area (Å²) >= 11 is 1.82. The van der Waals surface area contributed by atoms with E-state index in [-0.39, 0.29) is 0 Å². The third kappa shape index (κ3) is 2.13. The van der Waals surface area contributed by atoms with Gasteiger partial charge in [0.2, 0.25) is 0 Å². The maximum Gasteiger partial charge on any atom is 0.0438 e. The van der Waals surface area contributed by atoms with Crippen molar-refractivity contribution in [2.75, 3.05) is 24.5 Å². The van der Waals surface area contributed by atoms with Crippen molar-refractivity contribution in [3.63, 3.8) is 0 Å². The quantitative estimate of drug-likeness (QED) is 0.891. The van der Waals surface area contributed by atoms with E-state index >= 15 is 0 Å². The van der Waals surface area contributed by atoms with Crippen molar-refractivity contribution in [3.05, 3.63) is 29.6 Å². The van der Waals surface area contributed by atoms with Crippen molar-refractivity contribution in [2.24, 2.45) is 5.92 Å². The lowest BCUT2D eigenvalue weighted by molar-refractivity contribution is 0.390. The summed E-state index contributed by atoms with van der Waals surface area (Å²) in [5.41, 5.74) is 1.38. The van der Waals surface area contributed by atoms with Crippen LogP contribution in [-0.2, 0) is 0 Å². The summed E-state index contributed by atoms with van der Waals surface area (Å²) in [6.07, 6.45) is 0. The molecule has 0 spiro atoms. The number of rotatable bonds is 2. The molecule has 1 atom stereocenters. The molecule has 0 amide bonds. The molecule has 0 aliphatic carbocycles. The molecule has 3 heteroatoms. The maximum atomic E-state index is 3.51. The number of piperazine rings is 1. The number of hydrogen-bond donors (Lipinski definition) is 1. The smallest absolute Gasteiger partial charge is 0.0438 e. The number of thiophene rings is 1. The van der Waals surface area contributed by atoms with Crippen LogP contribution in [0.5, 0.6) is 0 Å². The standard InChI is InChI=1S/C15H20N2S/c1-11(2)14-10-16-6-7-17(14)13-3-4-15-12(9-13)5-8-18-15/h3-5,8-9,11,14,16H,6-7,10H2,1-2H3. The zero-order valence-electron chi connectivity index (χ0n) is 11.0. The molecule has 0 saturated carbocycles. The van der Waals surface area contributed by atoms with Crippen LogP contribution in [0.2, 0.25) is 0 Å². The number of fused-ring (bicyclic) bond motifs is 1. The molecule has 1 N–H and O–H groups in total. The van der Waals surface area contributed by atoms with Gasteiger partial charge in [0.1, 0.15) is 0 Å². The molecule has 0 radical (unpaired) electrons. The van der Waals surface area contributed by atoms with E-state index in [2.05, 4.69) is 53.7 Å². The molecule has 2 nitrogen and oxygen atoms in total. The summed E-state index contributed by atoms with van der Waals surface area (Å²) in [4.78, 5) is 2.57. The molecular weight excluding hydrogens is 240 g/mol. The first kappa shape index (κ1) is 12.0. The van der Waals surface area contributed by atoms with Crippen LogP contribution < -0.4 is 10.2 Å². The first-order valence-corrected chi connectivity index (χ1v) is 7.58. The molecule has 2 aromatic rings. The Hall–Kier alpha value is -1.06. The van der Waals surface area contributed by atoms with Gasteiger partial charge in [-0.05, 0) is 40.9 Å². The zero-order valence-corrected chi connectivity index (χ0v) is 11.8. The molecule has 1 aliphatic heterocycles. The Labute approximate surface area is 113 Å². The summed E-state index contributed by atoms with van der Waals surface area (Å²) in [7, 11) is 0. The molecule has 1 saturated heterocycles. The van der Waals surface area contributed by atoms with Gasteiger partial charge in [-0.15, -0.1) is 11.3 Å². The van der Waals surface area contributed by atoms with Crippen LogP contribution in [0.25, 0.3) is 10.1 Å². The lowest BCUT2D eigenvalue weighted by Gasteiger charge is -2.40. The van der Waals surface area contributed by atoms with Gasteiger partial charge in [0.25, 0.3) is 0 Å². The predicted molar refractivity (Wildman–Crippen MR) is 80.7 cm³/mol. The Bertz CT molecular complexity index is 532. The Balaban J connectivity index is 1.95. The Kier molecular flexibility index (Phi) is 3.27. The van der Waals surface area contributed by atoms with Crippen molar-refractivity contribution < 1.29 is 0 Å². The SMILES string of the molecule is CC(C)C1CNCCN1c1ccc2sccc2c1. The average molecular weight is 260 g/mol. The van der Waals surface area contributed by atoms with Crippen molar-refractivity contribution >= 4 is 27.1 Å². The van der Waals surface area contributed by atoms with Crippen LogP contribution in [-0.4, -0.2) is 25.7 Å². The highest BCUT2D eigenvalue weighted by Gasteiger charge is 2.25. The van der Waals surface area contributed by atoms with E-state index in [0.717, 1.165) is 19.6 Å². The summed E-state index contributed by atoms with van der Waals surface area (Å²) in [6, 6.07) is 9.70. The van der Waals surface area contributed by atoms with Gasteiger partial charge >= 0.3 is 0 Å². The molecule has 0 bridgehead atoms. The Morgan fingerprint density at radius 1 is 1.33 bits per heavy atom. The summed E-state index contributed by atoms with van der Waals surface area (Å²) < 4.78 is 1.38. The fraction of sp³-hybridized carbons (Fsp3) is 0.467. The lowest BCUT2D eigenvalue weighted by Crippen LogP contribution is -2.53. The predicted octanol–water partition coefficient (Wildman–Crippen LogP) is 3.34. The first-order valence-electron chi connectivity index (χ1n) is 6.70. The lowest BCUT2D eigenvalue weighted by atomic mass is 9.99. The Morgan fingerprint density at radius 2 is 2.22 bits per heavy atom. The molecule has 1 unspecified atom stereocenters. The van der Waals surface area contributed by atoms with Gasteiger partial charge in [0, 0.05) is 36.1 Å². The van der Waals surface area contributed by atoms with Crippen LogP contribution in [0.1, 0.15) is 13.8 Å². The summed E-state index contributed by atoms with van der Waals surface area (Å²) in [5, 5.41) is 7.05. The second-order valence-corrected chi connectivity index (χ2v) is 6.30. The third-order valence-electron chi connectivity index (χ3n) is 3.82. The van der Waals surface area contributed by atoms with E-state index in [0.29, 0.717) is 12.0 Å². The van der Waals surface area contributed by atoms with E-state index in [4.69, 9.17) is 0 Å². The molecule has 1 fully saturated rings. The Morgan fingerprint density at radius 3 is 3.06 bits per heavy atom. The van der Waals surface area contributed by atoms with Crippen LogP contribution in [0.15, 0.2) is 29.6 Å². The molecule has 1 aromatic heterocycles. The van der Waals surface area contributed by atoms with Crippen molar-refractivity contribution in [2.45, 2.75) is 19.9 Å². The second kappa shape index (κ2) is 4.90. The minimum atomic E-state index is 0.606. The van der Waals surface area contributed by atoms with Gasteiger partial charge in [0.05, 0.1) is 0 Å². The number of nitrogens with zero attached hydrogens (tertiary/aromatic N) is 1. The maximum absolute atomic E-state index is 3.51. The van der Waals surface area contributed by atoms with Crippen LogP contribution in [0.4, 0.5) is 5.69 Å². The second-order valence-electron chi connectivity index (χ2n) is 5.35. The highest BCUT2D eigenvalue weighted by molar-refractivity contribution is 7.17. The molecule has 1 aliphatic rings. The highest BCUT2D eigenvalue weighted by atomic mass is 32.1. The van der Waals surface area contributed by atoms with Gasteiger partial charge in [0.15, 0.2) is 0 Å². The molecule has 3 rings (SSSR count). The normalized spacial score (nSPS) is 20.8. The van der Waals surface area contributed by atoms with E-state index < -0.39 is 0 Å². The molecule has 18 heavy (non-hydrogen) atoms. The third-order valence-corrected chi connectivity index (χ3v) is 4.72. The fourth-order valence-corrected chi connectivity index (χ4v) is 3.55. The molecular formula is C15H20N2S. The number of nitrogens with one attached hydrogen (secondary N) is 1. The topological polar surface area (TPSA) is 15.3 Å². The van der Waals surface area contributed by atoms with E-state index in [1.165, 1.54) is 15.8 Å². The number of benzene rings is 1. The average Bonchev–Trinajstić information content (AvgIpc) is 2.85. The summed E-state index contributed by atoms with van der Waals surface area (Å²) in [6.45, 7) is 7.92. The van der Waals surface area contributed by atoms with E-state index in [1.54, 1.807) is 0 Å². The zero-order chi connectivity index (χ0) is 12.5. The van der Waals surface area contributed by atoms with Crippen molar-refractivity contribution in [1.82, 2.24) is 5.32 Å². The minimum Gasteiger partial charge on any atom is -0.366 e. The van der Waals surface area contributed by atoms with Gasteiger partial charge < -0.3 is 10.2 Å². The van der Waals surface area contributed by atoms with Gasteiger partial charge in [-0.25, -0.2) is 0 Å². The molecule has 96 valence electrons. The minimum absolute atomic E-state index is 0.606. The molecule has 1 aromatic carbocycles. The number of anilines is 1. The first-order chi connectivity index (χ1) is 8.75. The summed E-state index contributed by atoms with van der Waals surface area (Å²) in [5.74, 6) is 0.677. The number of hydrogen-bond acceptors (Lipinski definition) is 3. The van der Waals surface area contributed by atoms with Gasteiger partial charge in [-0.3, -0.25) is 0 Å². The van der Waals surface area contributed by atoms with Gasteiger partial charge in [-0.1, -0.05) is 13.8 Å². The monoisotopic (exact) mass is 260 g/mol. The van der Waals surface area contributed by atoms with E-state index in [1.807, 2.05) is 11.3 Å². The van der Waals surface area contributed by atoms with Crippen LogP contribution >= 0.6 is 11.3 Å². The largest absolute Gasteiger partial charge is 0.366 e. The van der Waals surface area contributed by atoms with Gasteiger partial charge in [-0.2, -0.15) is 0 Å². The molecule has 2 heterocycles. The van der Waals surface area contributed by atoms with Crippen molar-refractivity contribution in [1.29, 1.82) is 0 Å². The van der Waals surface area contributed by atoms with Crippen molar-refractivity contribution in [3.8, 4) is 0 Å². The van der Waals surface area contributed by atoms with Crippen LogP contribution in [0.3, 0.4) is 0 Å². The van der Waals surface area contributed by atoms with E-state index in [9.17, 15) is 0 Å². The van der Waals surface area contributed by atoms with Crippen LogP contribution in [0, 0.1) is 5.92 Å².